The second-order valence-electron chi connectivity index (χ2n) is 10.4. The van der Waals surface area contributed by atoms with Gasteiger partial charge in [-0.05, 0) is 44.2 Å². The average molecular weight is 503 g/mol. The average Bonchev–Trinajstić information content (AvgIpc) is 3.52. The van der Waals surface area contributed by atoms with Gasteiger partial charge in [0.15, 0.2) is 10.9 Å². The third-order valence-electron chi connectivity index (χ3n) is 7.53. The van der Waals surface area contributed by atoms with Crippen LogP contribution in [0.15, 0.2) is 22.8 Å². The summed E-state index contributed by atoms with van der Waals surface area (Å²) in [6, 6.07) is 3.74. The zero-order chi connectivity index (χ0) is 24.9. The number of hydrogen-bond acceptors (Lipinski definition) is 6. The van der Waals surface area contributed by atoms with E-state index in [0.717, 1.165) is 55.5 Å². The fourth-order valence-electron chi connectivity index (χ4n) is 5.41. The number of ketones is 1. The molecule has 0 aromatic carbocycles. The molecular weight excluding hydrogens is 456 g/mol. The predicted octanol–water partition coefficient (Wildman–Crippen LogP) is 8.28. The van der Waals surface area contributed by atoms with Crippen LogP contribution >= 0.6 is 11.3 Å². The zero-order valence-corrected chi connectivity index (χ0v) is 22.5. The Morgan fingerprint density at radius 2 is 1.63 bits per heavy atom. The normalized spacial score (nSPS) is 19.1. The van der Waals surface area contributed by atoms with Gasteiger partial charge < -0.3 is 15.3 Å². The van der Waals surface area contributed by atoms with Gasteiger partial charge in [0, 0.05) is 10.8 Å². The lowest BCUT2D eigenvalue weighted by molar-refractivity contribution is -0.126. The minimum Gasteiger partial charge on any atom is -0.463 e. The summed E-state index contributed by atoms with van der Waals surface area (Å²) in [7, 11) is 0. The number of thiazole rings is 1. The van der Waals surface area contributed by atoms with E-state index < -0.39 is 0 Å². The van der Waals surface area contributed by atoms with Crippen LogP contribution < -0.4 is 5.73 Å². The van der Waals surface area contributed by atoms with Crippen molar-refractivity contribution in [2.45, 2.75) is 128 Å². The van der Waals surface area contributed by atoms with Gasteiger partial charge in [-0.15, -0.1) is 11.3 Å². The van der Waals surface area contributed by atoms with Gasteiger partial charge in [0.1, 0.15) is 11.5 Å². The van der Waals surface area contributed by atoms with Gasteiger partial charge in [0.25, 0.3) is 0 Å². The molecule has 1 saturated carbocycles. The third-order valence-corrected chi connectivity index (χ3v) is 8.53. The number of nitrogens with two attached hydrogens (primary N) is 1. The predicted molar refractivity (Wildman–Crippen MR) is 146 cm³/mol. The lowest BCUT2D eigenvalue weighted by Gasteiger charge is -2.27. The minimum atomic E-state index is -0.258. The molecule has 35 heavy (non-hydrogen) atoms. The number of unbranched alkanes of at least 4 members (excludes halogenated alkanes) is 11. The van der Waals surface area contributed by atoms with Crippen LogP contribution in [0.3, 0.4) is 0 Å². The smallest absolute Gasteiger partial charge is 0.180 e. The Morgan fingerprint density at radius 1 is 1.03 bits per heavy atom. The van der Waals surface area contributed by atoms with Crippen molar-refractivity contribution >= 4 is 22.3 Å². The molecule has 196 valence electrons. The Bertz CT molecular complexity index is 840. The molecule has 6 heteroatoms. The van der Waals surface area contributed by atoms with Crippen LogP contribution in [0.2, 0.25) is 0 Å². The first-order chi connectivity index (χ1) is 17.1. The molecule has 3 rings (SSSR count). The van der Waals surface area contributed by atoms with Gasteiger partial charge in [-0.2, -0.15) is 0 Å². The van der Waals surface area contributed by atoms with Crippen molar-refractivity contribution in [3.8, 4) is 11.5 Å². The third kappa shape index (κ3) is 9.05. The minimum absolute atomic E-state index is 0.0218. The van der Waals surface area contributed by atoms with Crippen LogP contribution in [0, 0.1) is 5.92 Å². The topological polar surface area (TPSA) is 89.3 Å². The molecule has 1 atom stereocenters. The fraction of sp³-hybridized carbons (Fsp3) is 0.724. The number of aliphatic hydroxyl groups excluding tert-OH is 1. The van der Waals surface area contributed by atoms with Crippen molar-refractivity contribution in [1.29, 1.82) is 0 Å². The summed E-state index contributed by atoms with van der Waals surface area (Å²) in [4.78, 5) is 19.2. The number of carbonyl (C=O) groups excluding carboxylic acids is 1. The number of nitrogen functional groups attached to an aromatic ring is 1. The maximum absolute atomic E-state index is 13.7. The van der Waals surface area contributed by atoms with Gasteiger partial charge in [0.2, 0.25) is 0 Å². The standard InChI is InChI=1S/C29H46N2O3S/c1-2-3-4-5-6-7-8-9-10-11-12-13-15-24(27(33)22-17-19-23(32)20-18-22)28-26(31-29(30)35-28)25-16-14-21-34-25/h14,16,21-24,32H,2-13,15,17-20H2,1H3,(H2,30,31). The van der Waals surface area contributed by atoms with Crippen LogP contribution in [0.4, 0.5) is 5.13 Å². The first-order valence-corrected chi connectivity index (χ1v) is 14.9. The van der Waals surface area contributed by atoms with Gasteiger partial charge in [-0.1, -0.05) is 84.0 Å². The zero-order valence-electron chi connectivity index (χ0n) is 21.7. The Labute approximate surface area is 215 Å². The van der Waals surface area contributed by atoms with Gasteiger partial charge in [-0.3, -0.25) is 4.79 Å². The van der Waals surface area contributed by atoms with Gasteiger partial charge in [-0.25, -0.2) is 4.98 Å². The van der Waals surface area contributed by atoms with Gasteiger partial charge >= 0.3 is 0 Å². The second-order valence-corrected chi connectivity index (χ2v) is 11.4. The first-order valence-electron chi connectivity index (χ1n) is 14.1. The Hall–Kier alpha value is -1.66. The SMILES string of the molecule is CCCCCCCCCCCCCCC(C(=O)C1CCC(O)CC1)c1sc(N)nc1-c1ccco1. The van der Waals surface area contributed by atoms with Crippen molar-refractivity contribution in [2.24, 2.45) is 5.92 Å². The monoisotopic (exact) mass is 502 g/mol. The molecule has 2 aromatic heterocycles. The Morgan fingerprint density at radius 3 is 2.20 bits per heavy atom. The molecule has 2 aromatic rings. The van der Waals surface area contributed by atoms with E-state index in [1.54, 1.807) is 6.26 Å². The van der Waals surface area contributed by atoms with Crippen LogP contribution in [-0.4, -0.2) is 22.0 Å². The molecule has 1 aliphatic rings. The number of aromatic nitrogens is 1. The molecule has 1 aliphatic carbocycles. The Kier molecular flexibility index (Phi) is 12.3. The molecule has 3 N–H and O–H groups in total. The molecular formula is C29H46N2O3S. The van der Waals surface area contributed by atoms with Gasteiger partial charge in [0.05, 0.1) is 18.3 Å². The molecule has 0 saturated heterocycles. The van der Waals surface area contributed by atoms with Crippen molar-refractivity contribution in [3.05, 3.63) is 23.3 Å². The van der Waals surface area contributed by atoms with Crippen LogP contribution in [0.25, 0.3) is 11.5 Å². The van der Waals surface area contributed by atoms with Crippen LogP contribution in [0.5, 0.6) is 0 Å². The van der Waals surface area contributed by atoms with E-state index in [-0.39, 0.29) is 17.9 Å². The molecule has 5 nitrogen and oxygen atoms in total. The number of furan rings is 1. The maximum atomic E-state index is 13.7. The highest BCUT2D eigenvalue weighted by Gasteiger charge is 2.34. The molecule has 0 amide bonds. The molecule has 1 unspecified atom stereocenters. The quantitative estimate of drug-likeness (QED) is 0.212. The van der Waals surface area contributed by atoms with E-state index in [4.69, 9.17) is 10.2 Å². The summed E-state index contributed by atoms with van der Waals surface area (Å²) in [6.07, 6.45) is 20.9. The summed E-state index contributed by atoms with van der Waals surface area (Å²) in [5, 5.41) is 10.4. The molecule has 1 fully saturated rings. The maximum Gasteiger partial charge on any atom is 0.180 e. The number of Topliss-reactive ketones (excluding diaryl/α,β-unsaturated/α-hetero) is 1. The number of anilines is 1. The lowest BCUT2D eigenvalue weighted by Crippen LogP contribution is -2.28. The van der Waals surface area contributed by atoms with E-state index in [1.165, 1.54) is 75.5 Å². The number of aliphatic hydroxyl groups is 1. The van der Waals surface area contributed by atoms with Crippen molar-refractivity contribution in [2.75, 3.05) is 5.73 Å². The second kappa shape index (κ2) is 15.5. The number of carbonyl (C=O) groups is 1. The summed E-state index contributed by atoms with van der Waals surface area (Å²) in [5.74, 6) is 0.817. The summed E-state index contributed by atoms with van der Waals surface area (Å²) in [6.45, 7) is 2.27. The molecule has 0 bridgehead atoms. The molecule has 0 aliphatic heterocycles. The highest BCUT2D eigenvalue weighted by atomic mass is 32.1. The van der Waals surface area contributed by atoms with E-state index >= 15 is 0 Å². The Balaban J connectivity index is 1.51. The fourth-order valence-corrected chi connectivity index (χ4v) is 6.39. The number of hydrogen-bond donors (Lipinski definition) is 2. The number of nitrogens with zero attached hydrogens (tertiary/aromatic N) is 1. The first kappa shape index (κ1) is 27.9. The van der Waals surface area contributed by atoms with Crippen LogP contribution in [-0.2, 0) is 4.79 Å². The van der Waals surface area contributed by atoms with Crippen molar-refractivity contribution in [3.63, 3.8) is 0 Å². The van der Waals surface area contributed by atoms with Crippen LogP contribution in [0.1, 0.15) is 127 Å². The van der Waals surface area contributed by atoms with Crippen molar-refractivity contribution < 1.29 is 14.3 Å². The summed E-state index contributed by atoms with van der Waals surface area (Å²) >= 11 is 1.43. The highest BCUT2D eigenvalue weighted by molar-refractivity contribution is 7.16. The highest BCUT2D eigenvalue weighted by Crippen LogP contribution is 2.41. The van der Waals surface area contributed by atoms with E-state index in [0.29, 0.717) is 16.7 Å². The van der Waals surface area contributed by atoms with Crippen molar-refractivity contribution in [1.82, 2.24) is 4.98 Å². The molecule has 2 heterocycles. The lowest BCUT2D eigenvalue weighted by atomic mass is 9.78. The molecule has 0 radical (unpaired) electrons. The number of rotatable bonds is 17. The van der Waals surface area contributed by atoms with E-state index in [9.17, 15) is 9.90 Å². The largest absolute Gasteiger partial charge is 0.463 e. The molecule has 0 spiro atoms. The van der Waals surface area contributed by atoms with E-state index in [1.807, 2.05) is 12.1 Å². The summed E-state index contributed by atoms with van der Waals surface area (Å²) in [5.41, 5.74) is 6.84. The summed E-state index contributed by atoms with van der Waals surface area (Å²) < 4.78 is 5.62. The van der Waals surface area contributed by atoms with E-state index in [2.05, 4.69) is 11.9 Å².